The summed E-state index contributed by atoms with van der Waals surface area (Å²) < 4.78 is 5.15. The van der Waals surface area contributed by atoms with Crippen molar-refractivity contribution < 1.29 is 19.4 Å². The van der Waals surface area contributed by atoms with Crippen LogP contribution in [0.4, 0.5) is 0 Å². The predicted molar refractivity (Wildman–Crippen MR) is 91.7 cm³/mol. The van der Waals surface area contributed by atoms with E-state index >= 15 is 0 Å². The lowest BCUT2D eigenvalue weighted by molar-refractivity contribution is -0.140. The molecule has 1 saturated carbocycles. The zero-order valence-electron chi connectivity index (χ0n) is 14.3. The summed E-state index contributed by atoms with van der Waals surface area (Å²) in [7, 11) is 1.65. The summed E-state index contributed by atoms with van der Waals surface area (Å²) >= 11 is 0. The first-order valence-corrected chi connectivity index (χ1v) is 8.61. The summed E-state index contributed by atoms with van der Waals surface area (Å²) in [5, 5.41) is 12.1. The van der Waals surface area contributed by atoms with Crippen LogP contribution < -0.4 is 5.32 Å². The summed E-state index contributed by atoms with van der Waals surface area (Å²) in [6, 6.07) is 9.71. The van der Waals surface area contributed by atoms with E-state index in [1.807, 2.05) is 30.3 Å². The van der Waals surface area contributed by atoms with Crippen molar-refractivity contribution in [2.45, 2.75) is 51.0 Å². The van der Waals surface area contributed by atoms with Gasteiger partial charge < -0.3 is 15.2 Å². The number of rotatable bonds is 10. The Balaban J connectivity index is 2.00. The van der Waals surface area contributed by atoms with Crippen LogP contribution in [-0.4, -0.2) is 36.7 Å². The number of carbonyl (C=O) groups excluding carboxylic acids is 1. The van der Waals surface area contributed by atoms with Crippen LogP contribution in [0.25, 0.3) is 0 Å². The number of amides is 1. The lowest BCUT2D eigenvalue weighted by Gasteiger charge is -2.41. The summed E-state index contributed by atoms with van der Waals surface area (Å²) in [5.41, 5.74) is 0.779. The molecule has 132 valence electrons. The molecular formula is C19H27NO4. The van der Waals surface area contributed by atoms with Gasteiger partial charge in [0.25, 0.3) is 0 Å². The number of carboxylic acids is 1. The minimum Gasteiger partial charge on any atom is -0.481 e. The Morgan fingerprint density at radius 3 is 2.54 bits per heavy atom. The van der Waals surface area contributed by atoms with Gasteiger partial charge in [-0.25, -0.2) is 0 Å². The SMILES string of the molecule is COCCC1(C(=O)NC(CCC(=O)O)Cc2ccccc2)CCC1. The largest absolute Gasteiger partial charge is 0.481 e. The van der Waals surface area contributed by atoms with Gasteiger partial charge in [0.15, 0.2) is 0 Å². The van der Waals surface area contributed by atoms with Crippen LogP contribution in [0.15, 0.2) is 30.3 Å². The van der Waals surface area contributed by atoms with E-state index in [0.29, 0.717) is 19.4 Å². The molecule has 1 amide bonds. The maximum atomic E-state index is 12.8. The third-order valence-electron chi connectivity index (χ3n) is 4.94. The molecule has 2 rings (SSSR count). The number of nitrogens with one attached hydrogen (secondary N) is 1. The Kier molecular flexibility index (Phi) is 6.79. The van der Waals surface area contributed by atoms with Crippen molar-refractivity contribution >= 4 is 11.9 Å². The smallest absolute Gasteiger partial charge is 0.303 e. The highest BCUT2D eigenvalue weighted by Crippen LogP contribution is 2.44. The van der Waals surface area contributed by atoms with E-state index < -0.39 is 5.97 Å². The van der Waals surface area contributed by atoms with Gasteiger partial charge in [-0.15, -0.1) is 0 Å². The van der Waals surface area contributed by atoms with Crippen molar-refractivity contribution in [1.82, 2.24) is 5.32 Å². The second-order valence-corrected chi connectivity index (χ2v) is 6.67. The minimum absolute atomic E-state index is 0.0529. The Morgan fingerprint density at radius 2 is 2.00 bits per heavy atom. The highest BCUT2D eigenvalue weighted by atomic mass is 16.5. The molecule has 0 saturated heterocycles. The van der Waals surface area contributed by atoms with Crippen LogP contribution in [0.3, 0.4) is 0 Å². The molecule has 5 nitrogen and oxygen atoms in total. The molecule has 1 aromatic rings. The third kappa shape index (κ3) is 5.06. The minimum atomic E-state index is -0.833. The van der Waals surface area contributed by atoms with E-state index in [0.717, 1.165) is 31.2 Å². The van der Waals surface area contributed by atoms with Crippen LogP contribution in [0.1, 0.15) is 44.1 Å². The van der Waals surface area contributed by atoms with Gasteiger partial charge in [0.05, 0.1) is 5.41 Å². The summed E-state index contributed by atoms with van der Waals surface area (Å²) in [6.07, 6.45) is 4.72. The quantitative estimate of drug-likeness (QED) is 0.690. The van der Waals surface area contributed by atoms with E-state index in [9.17, 15) is 9.59 Å². The second kappa shape index (κ2) is 8.83. The first kappa shape index (κ1) is 18.5. The van der Waals surface area contributed by atoms with Crippen LogP contribution in [-0.2, 0) is 20.7 Å². The highest BCUT2D eigenvalue weighted by molar-refractivity contribution is 5.83. The highest BCUT2D eigenvalue weighted by Gasteiger charge is 2.44. The number of aliphatic carboxylic acids is 1. The lowest BCUT2D eigenvalue weighted by atomic mass is 9.66. The summed E-state index contributed by atoms with van der Waals surface area (Å²) in [6.45, 7) is 0.575. The van der Waals surface area contributed by atoms with E-state index in [4.69, 9.17) is 9.84 Å². The number of carboxylic acid groups (broad SMARTS) is 1. The molecule has 5 heteroatoms. The maximum absolute atomic E-state index is 12.8. The van der Waals surface area contributed by atoms with Gasteiger partial charge in [-0.2, -0.15) is 0 Å². The fourth-order valence-electron chi connectivity index (χ4n) is 3.25. The average Bonchev–Trinajstić information content (AvgIpc) is 2.52. The molecule has 1 atom stereocenters. The molecule has 1 aliphatic rings. The first-order valence-electron chi connectivity index (χ1n) is 8.61. The van der Waals surface area contributed by atoms with E-state index in [2.05, 4.69) is 5.32 Å². The van der Waals surface area contributed by atoms with Gasteiger partial charge in [-0.3, -0.25) is 9.59 Å². The molecular weight excluding hydrogens is 306 g/mol. The Bertz CT molecular complexity index is 540. The van der Waals surface area contributed by atoms with Crippen LogP contribution in [0.5, 0.6) is 0 Å². The maximum Gasteiger partial charge on any atom is 0.303 e. The van der Waals surface area contributed by atoms with Crippen molar-refractivity contribution in [3.63, 3.8) is 0 Å². The Labute approximate surface area is 143 Å². The van der Waals surface area contributed by atoms with Gasteiger partial charge in [0.2, 0.25) is 5.91 Å². The molecule has 1 unspecified atom stereocenters. The topological polar surface area (TPSA) is 75.6 Å². The van der Waals surface area contributed by atoms with Crippen molar-refractivity contribution in [3.8, 4) is 0 Å². The zero-order valence-corrected chi connectivity index (χ0v) is 14.3. The third-order valence-corrected chi connectivity index (χ3v) is 4.94. The lowest BCUT2D eigenvalue weighted by Crippen LogP contribution is -2.50. The molecule has 0 radical (unpaired) electrons. The van der Waals surface area contributed by atoms with Crippen LogP contribution in [0, 0.1) is 5.41 Å². The van der Waals surface area contributed by atoms with Gasteiger partial charge in [0, 0.05) is 26.2 Å². The molecule has 0 spiro atoms. The fourth-order valence-corrected chi connectivity index (χ4v) is 3.25. The van der Waals surface area contributed by atoms with Gasteiger partial charge >= 0.3 is 5.97 Å². The fraction of sp³-hybridized carbons (Fsp3) is 0.579. The number of benzene rings is 1. The second-order valence-electron chi connectivity index (χ2n) is 6.67. The molecule has 0 bridgehead atoms. The molecule has 1 fully saturated rings. The zero-order chi connectivity index (χ0) is 17.4. The van der Waals surface area contributed by atoms with Crippen LogP contribution in [0.2, 0.25) is 0 Å². The van der Waals surface area contributed by atoms with E-state index in [-0.39, 0.29) is 23.8 Å². The first-order chi connectivity index (χ1) is 11.6. The van der Waals surface area contributed by atoms with Gasteiger partial charge in [0.1, 0.15) is 0 Å². The number of carbonyl (C=O) groups is 2. The molecule has 1 aromatic carbocycles. The summed E-state index contributed by atoms with van der Waals surface area (Å²) in [5.74, 6) is -0.780. The molecule has 0 aromatic heterocycles. The van der Waals surface area contributed by atoms with Crippen molar-refractivity contribution in [2.24, 2.45) is 5.41 Å². The normalized spacial score (nSPS) is 16.9. The van der Waals surface area contributed by atoms with Crippen molar-refractivity contribution in [3.05, 3.63) is 35.9 Å². The van der Waals surface area contributed by atoms with Crippen molar-refractivity contribution in [2.75, 3.05) is 13.7 Å². The molecule has 2 N–H and O–H groups in total. The van der Waals surface area contributed by atoms with E-state index in [1.54, 1.807) is 7.11 Å². The summed E-state index contributed by atoms with van der Waals surface area (Å²) in [4.78, 5) is 23.7. The standard InChI is InChI=1S/C19H27NO4/c1-24-13-12-19(10-5-11-19)18(23)20-16(8-9-17(21)22)14-15-6-3-2-4-7-15/h2-4,6-7,16H,5,8-14H2,1H3,(H,20,23)(H,21,22). The number of hydrogen-bond donors (Lipinski definition) is 2. The molecule has 1 aliphatic carbocycles. The van der Waals surface area contributed by atoms with Gasteiger partial charge in [-0.1, -0.05) is 36.8 Å². The molecule has 24 heavy (non-hydrogen) atoms. The monoisotopic (exact) mass is 333 g/mol. The number of hydrogen-bond acceptors (Lipinski definition) is 3. The average molecular weight is 333 g/mol. The number of methoxy groups -OCH3 is 1. The number of ether oxygens (including phenoxy) is 1. The van der Waals surface area contributed by atoms with Crippen molar-refractivity contribution in [1.29, 1.82) is 0 Å². The van der Waals surface area contributed by atoms with Gasteiger partial charge in [-0.05, 0) is 37.7 Å². The molecule has 0 aliphatic heterocycles. The van der Waals surface area contributed by atoms with E-state index in [1.165, 1.54) is 0 Å². The Morgan fingerprint density at radius 1 is 1.29 bits per heavy atom. The predicted octanol–water partition coefficient (Wildman–Crippen LogP) is 2.79. The van der Waals surface area contributed by atoms with Crippen LogP contribution >= 0.6 is 0 Å². The molecule has 0 heterocycles. The Hall–Kier alpha value is -1.88.